The summed E-state index contributed by atoms with van der Waals surface area (Å²) in [6.07, 6.45) is 2.46. The number of aliphatic imine (C=N–C) groups is 1. The van der Waals surface area contributed by atoms with E-state index in [9.17, 15) is 0 Å². The average Bonchev–Trinajstić information content (AvgIpc) is 3.13. The number of aromatic nitrogens is 1. The van der Waals surface area contributed by atoms with Crippen molar-refractivity contribution in [3.8, 4) is 0 Å². The standard InChI is InChI=1S/C23H35N5S/c1-17-6-5-7-21(12-17)18(2)13-25-23(24-4)26-14-20-8-10-28(11-9-20)15-22-16-29-19(3)27-22/h5-7,12,16,18,20H,8-11,13-15H2,1-4H3,(H2,24,25,26). The first-order valence-corrected chi connectivity index (χ1v) is 11.6. The van der Waals surface area contributed by atoms with E-state index < -0.39 is 0 Å². The number of guanidine groups is 1. The van der Waals surface area contributed by atoms with Gasteiger partial charge in [0.05, 0.1) is 10.7 Å². The molecule has 0 aliphatic carbocycles. The Morgan fingerprint density at radius 2 is 2.07 bits per heavy atom. The lowest BCUT2D eigenvalue weighted by atomic mass is 9.97. The third kappa shape index (κ3) is 6.82. The molecule has 6 heteroatoms. The van der Waals surface area contributed by atoms with Crippen molar-refractivity contribution in [3.63, 3.8) is 0 Å². The number of piperidine rings is 1. The highest BCUT2D eigenvalue weighted by Gasteiger charge is 2.20. The number of rotatable bonds is 7. The van der Waals surface area contributed by atoms with Crippen LogP contribution in [-0.4, -0.2) is 49.1 Å². The van der Waals surface area contributed by atoms with Gasteiger partial charge in [-0.1, -0.05) is 36.8 Å². The molecule has 1 unspecified atom stereocenters. The first kappa shape index (κ1) is 21.8. The minimum atomic E-state index is 0.450. The summed E-state index contributed by atoms with van der Waals surface area (Å²) in [5, 5.41) is 10.4. The molecule has 1 aromatic carbocycles. The number of thiazole rings is 1. The third-order valence-corrected chi connectivity index (χ3v) is 6.55. The van der Waals surface area contributed by atoms with Crippen LogP contribution in [0, 0.1) is 19.8 Å². The lowest BCUT2D eigenvalue weighted by molar-refractivity contribution is 0.176. The highest BCUT2D eigenvalue weighted by atomic mass is 32.1. The van der Waals surface area contributed by atoms with Gasteiger partial charge in [0.25, 0.3) is 0 Å². The Morgan fingerprint density at radius 1 is 1.28 bits per heavy atom. The fourth-order valence-corrected chi connectivity index (χ4v) is 4.47. The van der Waals surface area contributed by atoms with Crippen LogP contribution in [0.4, 0.5) is 0 Å². The largest absolute Gasteiger partial charge is 0.356 e. The molecule has 2 N–H and O–H groups in total. The summed E-state index contributed by atoms with van der Waals surface area (Å²) in [5.41, 5.74) is 3.90. The van der Waals surface area contributed by atoms with E-state index >= 15 is 0 Å². The second-order valence-electron chi connectivity index (χ2n) is 8.23. The molecule has 0 amide bonds. The van der Waals surface area contributed by atoms with Crippen LogP contribution in [0.25, 0.3) is 0 Å². The molecule has 1 aliphatic rings. The summed E-state index contributed by atoms with van der Waals surface area (Å²) in [7, 11) is 1.85. The number of hydrogen-bond acceptors (Lipinski definition) is 4. The van der Waals surface area contributed by atoms with E-state index in [0.29, 0.717) is 11.8 Å². The second kappa shape index (κ2) is 10.7. The van der Waals surface area contributed by atoms with Crippen LogP contribution >= 0.6 is 11.3 Å². The first-order valence-electron chi connectivity index (χ1n) is 10.7. The van der Waals surface area contributed by atoms with E-state index in [1.165, 1.54) is 29.7 Å². The third-order valence-electron chi connectivity index (χ3n) is 5.73. The van der Waals surface area contributed by atoms with Crippen LogP contribution in [0.1, 0.15) is 47.5 Å². The highest BCUT2D eigenvalue weighted by Crippen LogP contribution is 2.19. The minimum absolute atomic E-state index is 0.450. The lowest BCUT2D eigenvalue weighted by Crippen LogP contribution is -2.43. The van der Waals surface area contributed by atoms with Crippen LogP contribution in [0.5, 0.6) is 0 Å². The quantitative estimate of drug-likeness (QED) is 0.533. The van der Waals surface area contributed by atoms with Gasteiger partial charge in [-0.2, -0.15) is 0 Å². The van der Waals surface area contributed by atoms with E-state index in [2.05, 4.69) is 75.9 Å². The summed E-state index contributed by atoms with van der Waals surface area (Å²) < 4.78 is 0. The molecule has 1 fully saturated rings. The van der Waals surface area contributed by atoms with Gasteiger partial charge in [0.2, 0.25) is 0 Å². The normalized spacial score (nSPS) is 17.3. The van der Waals surface area contributed by atoms with Gasteiger partial charge in [0.15, 0.2) is 5.96 Å². The minimum Gasteiger partial charge on any atom is -0.356 e. The Bertz CT molecular complexity index is 792. The smallest absolute Gasteiger partial charge is 0.191 e. The molecule has 0 radical (unpaired) electrons. The molecule has 0 saturated carbocycles. The number of hydrogen-bond donors (Lipinski definition) is 2. The first-order chi connectivity index (χ1) is 14.0. The summed E-state index contributed by atoms with van der Waals surface area (Å²) in [4.78, 5) is 11.5. The molecule has 5 nitrogen and oxygen atoms in total. The number of nitrogens with one attached hydrogen (secondary N) is 2. The molecule has 2 aromatic rings. The van der Waals surface area contributed by atoms with Crippen molar-refractivity contribution in [2.24, 2.45) is 10.9 Å². The lowest BCUT2D eigenvalue weighted by Gasteiger charge is -2.31. The molecule has 1 aliphatic heterocycles. The van der Waals surface area contributed by atoms with Gasteiger partial charge < -0.3 is 10.6 Å². The number of likely N-dealkylation sites (tertiary alicyclic amines) is 1. The van der Waals surface area contributed by atoms with E-state index in [0.717, 1.165) is 43.7 Å². The molecule has 1 aromatic heterocycles. The molecule has 1 atom stereocenters. The predicted octanol–water partition coefficient (Wildman–Crippen LogP) is 3.94. The predicted molar refractivity (Wildman–Crippen MR) is 124 cm³/mol. The molecule has 29 heavy (non-hydrogen) atoms. The van der Waals surface area contributed by atoms with Crippen LogP contribution in [0.3, 0.4) is 0 Å². The Balaban J connectivity index is 1.36. The van der Waals surface area contributed by atoms with Crippen LogP contribution in [0.2, 0.25) is 0 Å². The number of nitrogens with zero attached hydrogens (tertiary/aromatic N) is 3. The van der Waals surface area contributed by atoms with Crippen molar-refractivity contribution in [1.82, 2.24) is 20.5 Å². The van der Waals surface area contributed by atoms with Crippen LogP contribution in [0.15, 0.2) is 34.6 Å². The Hall–Kier alpha value is -1.92. The second-order valence-corrected chi connectivity index (χ2v) is 9.29. The summed E-state index contributed by atoms with van der Waals surface area (Å²) in [6.45, 7) is 11.6. The zero-order chi connectivity index (χ0) is 20.6. The maximum absolute atomic E-state index is 4.60. The molecule has 0 spiro atoms. The van der Waals surface area contributed by atoms with Gasteiger partial charge >= 0.3 is 0 Å². The monoisotopic (exact) mass is 413 g/mol. The van der Waals surface area contributed by atoms with Crippen molar-refractivity contribution in [1.29, 1.82) is 0 Å². The van der Waals surface area contributed by atoms with Gasteiger partial charge in [-0.05, 0) is 57.2 Å². The van der Waals surface area contributed by atoms with E-state index in [-0.39, 0.29) is 0 Å². The van der Waals surface area contributed by atoms with E-state index in [4.69, 9.17) is 0 Å². The molecular weight excluding hydrogens is 378 g/mol. The fourth-order valence-electron chi connectivity index (χ4n) is 3.86. The summed E-state index contributed by atoms with van der Waals surface area (Å²) >= 11 is 1.75. The van der Waals surface area contributed by atoms with E-state index in [1.54, 1.807) is 11.3 Å². The number of benzene rings is 1. The van der Waals surface area contributed by atoms with Crippen molar-refractivity contribution >= 4 is 17.3 Å². The van der Waals surface area contributed by atoms with Gasteiger partial charge in [-0.3, -0.25) is 9.89 Å². The maximum atomic E-state index is 4.60. The average molecular weight is 414 g/mol. The van der Waals surface area contributed by atoms with E-state index in [1.807, 2.05) is 7.05 Å². The van der Waals surface area contributed by atoms with Gasteiger partial charge in [0.1, 0.15) is 0 Å². The Morgan fingerprint density at radius 3 is 2.72 bits per heavy atom. The van der Waals surface area contributed by atoms with Gasteiger partial charge in [0, 0.05) is 32.1 Å². The SMILES string of the molecule is CN=C(NCC1CCN(Cc2csc(C)n2)CC1)NCC(C)c1cccc(C)c1. The Kier molecular flexibility index (Phi) is 8.07. The van der Waals surface area contributed by atoms with Gasteiger partial charge in [-0.25, -0.2) is 4.98 Å². The number of aryl methyl sites for hydroxylation is 2. The molecule has 158 valence electrons. The molecule has 0 bridgehead atoms. The van der Waals surface area contributed by atoms with Gasteiger partial charge in [-0.15, -0.1) is 11.3 Å². The summed E-state index contributed by atoms with van der Waals surface area (Å²) in [6, 6.07) is 8.75. The maximum Gasteiger partial charge on any atom is 0.191 e. The van der Waals surface area contributed by atoms with Crippen molar-refractivity contribution in [3.05, 3.63) is 51.5 Å². The van der Waals surface area contributed by atoms with Crippen molar-refractivity contribution < 1.29 is 0 Å². The van der Waals surface area contributed by atoms with Crippen molar-refractivity contribution in [2.75, 3.05) is 33.2 Å². The topological polar surface area (TPSA) is 52.6 Å². The van der Waals surface area contributed by atoms with Crippen LogP contribution in [-0.2, 0) is 6.54 Å². The molecular formula is C23H35N5S. The zero-order valence-corrected chi connectivity index (χ0v) is 19.1. The molecule has 2 heterocycles. The fraction of sp³-hybridized carbons (Fsp3) is 0.565. The van der Waals surface area contributed by atoms with Crippen LogP contribution < -0.4 is 10.6 Å². The van der Waals surface area contributed by atoms with Crippen molar-refractivity contribution in [2.45, 2.75) is 46.1 Å². The molecule has 1 saturated heterocycles. The highest BCUT2D eigenvalue weighted by molar-refractivity contribution is 7.09. The zero-order valence-electron chi connectivity index (χ0n) is 18.2. The Labute approximate surface area is 179 Å². The molecule has 3 rings (SSSR count). The summed E-state index contributed by atoms with van der Waals surface area (Å²) in [5.74, 6) is 2.06.